The molecule has 1 aromatic carbocycles. The number of hydrogen-bond donors (Lipinski definition) is 2. The molecule has 0 radical (unpaired) electrons. The highest BCUT2D eigenvalue weighted by molar-refractivity contribution is 5.88. The number of aromatic amines is 1. The minimum atomic E-state index is -0.182. The van der Waals surface area contributed by atoms with Crippen molar-refractivity contribution in [1.82, 2.24) is 9.88 Å². The van der Waals surface area contributed by atoms with E-state index in [1.54, 1.807) is 0 Å². The summed E-state index contributed by atoms with van der Waals surface area (Å²) in [5.74, 6) is 0.605. The fourth-order valence-corrected chi connectivity index (χ4v) is 4.87. The number of rotatable bonds is 4. The van der Waals surface area contributed by atoms with Crippen LogP contribution in [0.25, 0.3) is 10.9 Å². The van der Waals surface area contributed by atoms with Gasteiger partial charge < -0.3 is 20.4 Å². The molecular weight excluding hydrogens is 314 g/mol. The summed E-state index contributed by atoms with van der Waals surface area (Å²) in [5.41, 5.74) is 10.5. The molecule has 25 heavy (non-hydrogen) atoms. The molecule has 134 valence electrons. The van der Waals surface area contributed by atoms with Crippen molar-refractivity contribution in [2.24, 2.45) is 11.7 Å². The Labute approximate surface area is 148 Å². The molecule has 2 aromatic rings. The van der Waals surface area contributed by atoms with Crippen LogP contribution in [0.15, 0.2) is 24.4 Å². The van der Waals surface area contributed by atoms with E-state index in [9.17, 15) is 4.79 Å². The molecular formula is C20H27N3O2. The summed E-state index contributed by atoms with van der Waals surface area (Å²) in [7, 11) is 2.19. The van der Waals surface area contributed by atoms with Gasteiger partial charge in [0.25, 0.3) is 0 Å². The summed E-state index contributed by atoms with van der Waals surface area (Å²) in [5, 5.41) is 1.40. The van der Waals surface area contributed by atoms with Gasteiger partial charge in [-0.2, -0.15) is 0 Å². The van der Waals surface area contributed by atoms with Crippen molar-refractivity contribution in [3.63, 3.8) is 0 Å². The van der Waals surface area contributed by atoms with Gasteiger partial charge in [0.1, 0.15) is 0 Å². The fourth-order valence-electron chi connectivity index (χ4n) is 4.87. The molecule has 2 unspecified atom stereocenters. The Morgan fingerprint density at radius 2 is 2.32 bits per heavy atom. The van der Waals surface area contributed by atoms with E-state index in [1.807, 2.05) is 6.92 Å². The lowest BCUT2D eigenvalue weighted by Crippen LogP contribution is -2.52. The molecule has 0 saturated carbocycles. The predicted molar refractivity (Wildman–Crippen MR) is 98.5 cm³/mol. The number of H-pyrrole nitrogens is 1. The number of nitrogens with one attached hydrogen (secondary N) is 1. The normalized spacial score (nSPS) is 27.1. The number of likely N-dealkylation sites (tertiary alicyclic amines) is 1. The first-order valence-electron chi connectivity index (χ1n) is 9.28. The van der Waals surface area contributed by atoms with Crippen molar-refractivity contribution in [3.8, 4) is 0 Å². The van der Waals surface area contributed by atoms with Gasteiger partial charge in [0.15, 0.2) is 0 Å². The highest BCUT2D eigenvalue weighted by Gasteiger charge is 2.41. The van der Waals surface area contributed by atoms with Gasteiger partial charge in [-0.05, 0) is 49.9 Å². The molecule has 1 aliphatic heterocycles. The first kappa shape index (κ1) is 16.6. The summed E-state index contributed by atoms with van der Waals surface area (Å²) < 4.78 is 5.08. The largest absolute Gasteiger partial charge is 0.466 e. The minimum absolute atomic E-state index is 0.144. The van der Waals surface area contributed by atoms with Crippen molar-refractivity contribution in [1.29, 1.82) is 0 Å². The molecule has 3 N–H and O–H groups in total. The summed E-state index contributed by atoms with van der Waals surface area (Å²) >= 11 is 0. The maximum absolute atomic E-state index is 11.8. The average molecular weight is 341 g/mol. The fraction of sp³-hybridized carbons (Fsp3) is 0.550. The van der Waals surface area contributed by atoms with Gasteiger partial charge >= 0.3 is 5.97 Å². The lowest BCUT2D eigenvalue weighted by molar-refractivity contribution is -0.144. The second-order valence-corrected chi connectivity index (χ2v) is 7.57. The van der Waals surface area contributed by atoms with Gasteiger partial charge in [0.2, 0.25) is 0 Å². The van der Waals surface area contributed by atoms with E-state index in [0.717, 1.165) is 19.4 Å². The van der Waals surface area contributed by atoms with Crippen LogP contribution in [0.1, 0.15) is 36.8 Å². The smallest absolute Gasteiger partial charge is 0.307 e. The molecule has 4 atom stereocenters. The number of esters is 1. The number of benzene rings is 1. The van der Waals surface area contributed by atoms with Crippen LogP contribution in [0.2, 0.25) is 0 Å². The maximum atomic E-state index is 11.8. The molecule has 4 rings (SSSR count). The number of hydrogen-bond acceptors (Lipinski definition) is 4. The first-order valence-corrected chi connectivity index (χ1v) is 9.28. The second kappa shape index (κ2) is 6.46. The summed E-state index contributed by atoms with van der Waals surface area (Å²) in [6, 6.07) is 6.93. The van der Waals surface area contributed by atoms with Gasteiger partial charge in [0.05, 0.1) is 13.0 Å². The molecule has 1 aromatic heterocycles. The Balaban J connectivity index is 1.60. The lowest BCUT2D eigenvalue weighted by atomic mass is 9.71. The Morgan fingerprint density at radius 1 is 1.48 bits per heavy atom. The molecule has 2 aliphatic rings. The monoisotopic (exact) mass is 341 g/mol. The quantitative estimate of drug-likeness (QED) is 0.838. The number of carbonyl (C=O) groups is 1. The first-order chi connectivity index (χ1) is 12.1. The van der Waals surface area contributed by atoms with Crippen LogP contribution in [0.3, 0.4) is 0 Å². The number of carbonyl (C=O) groups excluding carboxylic acids is 1. The SMILES string of the molecule is CCOC(=O)CC(N)C1C[C@@H]2c3cccc4[nH]cc(c34)C[C@H]2N(C)C1. The van der Waals surface area contributed by atoms with Crippen molar-refractivity contribution >= 4 is 16.9 Å². The Bertz CT molecular complexity index is 784. The van der Waals surface area contributed by atoms with Crippen LogP contribution in [0.5, 0.6) is 0 Å². The standard InChI is InChI=1S/C20H27N3O2/c1-3-25-19(24)9-16(21)13-7-15-14-5-4-6-17-20(14)12(10-22-17)8-18(15)23(2)11-13/h4-6,10,13,15-16,18,22H,3,7-9,11,21H2,1-2H3/t13?,15-,16?,18-/m1/s1. The highest BCUT2D eigenvalue weighted by atomic mass is 16.5. The van der Waals surface area contributed by atoms with E-state index in [0.29, 0.717) is 30.9 Å². The van der Waals surface area contributed by atoms with Crippen LogP contribution in [0.4, 0.5) is 0 Å². The van der Waals surface area contributed by atoms with Gasteiger partial charge in [-0.15, -0.1) is 0 Å². The summed E-state index contributed by atoms with van der Waals surface area (Å²) in [6.07, 6.45) is 4.59. The summed E-state index contributed by atoms with van der Waals surface area (Å²) in [6.45, 7) is 3.19. The Hall–Kier alpha value is -1.85. The number of ether oxygens (including phenoxy) is 1. The third kappa shape index (κ3) is 2.85. The van der Waals surface area contributed by atoms with Crippen LogP contribution >= 0.6 is 0 Å². The lowest BCUT2D eigenvalue weighted by Gasteiger charge is -2.46. The molecule has 5 nitrogen and oxygen atoms in total. The van der Waals surface area contributed by atoms with Crippen LogP contribution in [-0.2, 0) is 16.0 Å². The van der Waals surface area contributed by atoms with Crippen LogP contribution in [-0.4, -0.2) is 48.1 Å². The average Bonchev–Trinajstić information content (AvgIpc) is 3.00. The van der Waals surface area contributed by atoms with Crippen LogP contribution in [0, 0.1) is 5.92 Å². The number of aromatic nitrogens is 1. The molecule has 0 amide bonds. The molecule has 1 aliphatic carbocycles. The number of nitrogens with zero attached hydrogens (tertiary/aromatic N) is 1. The van der Waals surface area contributed by atoms with E-state index in [1.165, 1.54) is 22.0 Å². The third-order valence-electron chi connectivity index (χ3n) is 6.07. The van der Waals surface area contributed by atoms with Crippen LogP contribution < -0.4 is 5.73 Å². The zero-order valence-electron chi connectivity index (χ0n) is 15.0. The number of piperidine rings is 1. The number of nitrogens with two attached hydrogens (primary N) is 1. The Kier molecular flexibility index (Phi) is 4.29. The van der Waals surface area contributed by atoms with Crippen molar-refractivity contribution in [2.75, 3.05) is 20.2 Å². The minimum Gasteiger partial charge on any atom is -0.466 e. The number of likely N-dealkylation sites (N-methyl/N-ethyl adjacent to an activating group) is 1. The van der Waals surface area contributed by atoms with Crippen molar-refractivity contribution in [2.45, 2.75) is 44.2 Å². The zero-order chi connectivity index (χ0) is 17.6. The van der Waals surface area contributed by atoms with Gasteiger partial charge in [0, 0.05) is 41.6 Å². The highest BCUT2D eigenvalue weighted by Crippen LogP contribution is 2.44. The van der Waals surface area contributed by atoms with E-state index in [-0.39, 0.29) is 12.0 Å². The molecule has 1 saturated heterocycles. The number of fused-ring (bicyclic) bond motifs is 2. The predicted octanol–water partition coefficient (Wildman–Crippen LogP) is 2.41. The molecule has 2 heterocycles. The molecule has 0 bridgehead atoms. The van der Waals surface area contributed by atoms with E-state index in [2.05, 4.69) is 41.3 Å². The summed E-state index contributed by atoms with van der Waals surface area (Å²) in [4.78, 5) is 17.7. The van der Waals surface area contributed by atoms with Crippen molar-refractivity contribution < 1.29 is 9.53 Å². The zero-order valence-corrected chi connectivity index (χ0v) is 15.0. The maximum Gasteiger partial charge on any atom is 0.307 e. The molecule has 5 heteroatoms. The van der Waals surface area contributed by atoms with Gasteiger partial charge in [-0.3, -0.25) is 4.79 Å². The van der Waals surface area contributed by atoms with Gasteiger partial charge in [-0.1, -0.05) is 12.1 Å². The van der Waals surface area contributed by atoms with Crippen molar-refractivity contribution in [3.05, 3.63) is 35.5 Å². The molecule has 0 spiro atoms. The Morgan fingerprint density at radius 3 is 3.12 bits per heavy atom. The van der Waals surface area contributed by atoms with E-state index < -0.39 is 0 Å². The van der Waals surface area contributed by atoms with E-state index >= 15 is 0 Å². The molecule has 1 fully saturated rings. The third-order valence-corrected chi connectivity index (χ3v) is 6.07. The second-order valence-electron chi connectivity index (χ2n) is 7.57. The topological polar surface area (TPSA) is 71.3 Å². The van der Waals surface area contributed by atoms with Gasteiger partial charge in [-0.25, -0.2) is 0 Å². The van der Waals surface area contributed by atoms with E-state index in [4.69, 9.17) is 10.5 Å².